The number of carbonyl (C=O) groups excluding carboxylic acids is 1. The Balaban J connectivity index is 1.23. The Hall–Kier alpha value is -1.46. The first kappa shape index (κ1) is 24.9. The Labute approximate surface area is 220 Å². The maximum atomic E-state index is 13.8. The van der Waals surface area contributed by atoms with Gasteiger partial charge in [0.25, 0.3) is 0 Å². The Kier molecular flexibility index (Phi) is 6.47. The van der Waals surface area contributed by atoms with Crippen LogP contribution >= 0.6 is 11.6 Å². The molecule has 4 aliphatic carbocycles. The molecule has 36 heavy (non-hydrogen) atoms. The monoisotopic (exact) mass is 511 g/mol. The second kappa shape index (κ2) is 9.38. The van der Waals surface area contributed by atoms with Crippen LogP contribution in [0.5, 0.6) is 0 Å². The van der Waals surface area contributed by atoms with Crippen molar-refractivity contribution in [1.29, 1.82) is 0 Å². The van der Waals surface area contributed by atoms with Crippen LogP contribution in [0.4, 0.5) is 0 Å². The lowest BCUT2D eigenvalue weighted by Crippen LogP contribution is -2.56. The zero-order valence-corrected chi connectivity index (χ0v) is 23.0. The minimum absolute atomic E-state index is 0.105. The second-order valence-corrected chi connectivity index (χ2v) is 13.4. The average molecular weight is 512 g/mol. The highest BCUT2D eigenvalue weighted by Crippen LogP contribution is 2.68. The summed E-state index contributed by atoms with van der Waals surface area (Å²) < 4.78 is 8.00. The summed E-state index contributed by atoms with van der Waals surface area (Å²) in [6, 6.07) is 5.57. The molecule has 0 amide bonds. The predicted molar refractivity (Wildman–Crippen MR) is 143 cm³/mol. The molecule has 2 aromatic rings. The van der Waals surface area contributed by atoms with Crippen LogP contribution in [0.3, 0.4) is 0 Å². The molecule has 0 aliphatic heterocycles. The summed E-state index contributed by atoms with van der Waals surface area (Å²) in [5.41, 5.74) is 2.12. The molecule has 4 fully saturated rings. The number of ether oxygens (including phenoxy) is 1. The molecule has 0 saturated heterocycles. The van der Waals surface area contributed by atoms with Gasteiger partial charge < -0.3 is 4.74 Å². The first-order valence-electron chi connectivity index (χ1n) is 14.4. The highest BCUT2D eigenvalue weighted by molar-refractivity contribution is 6.31. The molecular formula is C30H42ClN3O2. The molecule has 0 N–H and O–H groups in total. The minimum atomic E-state index is 0.105. The molecule has 8 atom stereocenters. The van der Waals surface area contributed by atoms with Crippen molar-refractivity contribution in [2.24, 2.45) is 46.3 Å². The maximum absolute atomic E-state index is 13.8. The van der Waals surface area contributed by atoms with Gasteiger partial charge in [-0.1, -0.05) is 37.1 Å². The van der Waals surface area contributed by atoms with Crippen molar-refractivity contribution >= 4 is 28.4 Å². The summed E-state index contributed by atoms with van der Waals surface area (Å²) in [5.74, 6) is 4.30. The van der Waals surface area contributed by atoms with Gasteiger partial charge in [-0.05, 0) is 117 Å². The number of rotatable bonds is 6. The predicted octanol–water partition coefficient (Wildman–Crippen LogP) is 6.97. The standard InChI is InChI=1S/C30H42ClN3O2/c1-4-36-18-30-14-11-19(2)15-20(30)5-7-22-23-8-9-25(29(23,3)13-12-24(22)30)28(35)17-34-27-16-21(31)6-10-26(27)32-33-34/h6,10,16,19-20,22-25H,4-5,7-9,11-15,17-18H2,1-3H3. The van der Waals surface area contributed by atoms with Gasteiger partial charge in [-0.2, -0.15) is 0 Å². The van der Waals surface area contributed by atoms with E-state index in [0.29, 0.717) is 28.7 Å². The van der Waals surface area contributed by atoms with E-state index in [2.05, 4.69) is 31.1 Å². The lowest BCUT2D eigenvalue weighted by atomic mass is 9.44. The van der Waals surface area contributed by atoms with Crippen molar-refractivity contribution in [2.45, 2.75) is 85.1 Å². The second-order valence-electron chi connectivity index (χ2n) is 12.9. The van der Waals surface area contributed by atoms with Gasteiger partial charge in [0.1, 0.15) is 12.1 Å². The van der Waals surface area contributed by atoms with Crippen molar-refractivity contribution in [3.8, 4) is 0 Å². The third-order valence-corrected chi connectivity index (χ3v) is 11.6. The molecular weight excluding hydrogens is 470 g/mol. The molecule has 1 aromatic carbocycles. The number of nitrogens with zero attached hydrogens (tertiary/aromatic N) is 3. The van der Waals surface area contributed by atoms with Crippen molar-refractivity contribution in [3.63, 3.8) is 0 Å². The van der Waals surface area contributed by atoms with E-state index in [1.54, 1.807) is 4.68 Å². The van der Waals surface area contributed by atoms with Gasteiger partial charge in [-0.25, -0.2) is 4.68 Å². The number of aromatic nitrogens is 3. The quantitative estimate of drug-likeness (QED) is 0.420. The molecule has 6 heteroatoms. The molecule has 4 saturated carbocycles. The molecule has 0 bridgehead atoms. The highest BCUT2D eigenvalue weighted by Gasteiger charge is 2.62. The van der Waals surface area contributed by atoms with Gasteiger partial charge in [0.15, 0.2) is 5.78 Å². The topological polar surface area (TPSA) is 57.0 Å². The lowest BCUT2D eigenvalue weighted by Gasteiger charge is -2.62. The number of halogens is 1. The normalized spacial score (nSPS) is 40.0. The number of benzene rings is 1. The van der Waals surface area contributed by atoms with Crippen molar-refractivity contribution in [3.05, 3.63) is 23.2 Å². The molecule has 5 nitrogen and oxygen atoms in total. The number of ketones is 1. The number of hydrogen-bond donors (Lipinski definition) is 0. The average Bonchev–Trinajstić information content (AvgIpc) is 3.43. The van der Waals surface area contributed by atoms with Gasteiger partial charge in [0, 0.05) is 17.5 Å². The van der Waals surface area contributed by atoms with Crippen molar-refractivity contribution in [2.75, 3.05) is 13.2 Å². The molecule has 0 radical (unpaired) electrons. The van der Waals surface area contributed by atoms with E-state index >= 15 is 0 Å². The summed E-state index contributed by atoms with van der Waals surface area (Å²) in [4.78, 5) is 13.8. The Bertz CT molecular complexity index is 1130. The maximum Gasteiger partial charge on any atom is 0.157 e. The smallest absolute Gasteiger partial charge is 0.157 e. The van der Waals surface area contributed by atoms with Gasteiger partial charge >= 0.3 is 0 Å². The van der Waals surface area contributed by atoms with E-state index in [1.165, 1.54) is 51.4 Å². The van der Waals surface area contributed by atoms with E-state index in [0.717, 1.165) is 54.3 Å². The van der Waals surface area contributed by atoms with Crippen molar-refractivity contribution in [1.82, 2.24) is 15.0 Å². The van der Waals surface area contributed by atoms with Crippen LogP contribution in [-0.4, -0.2) is 34.0 Å². The van der Waals surface area contributed by atoms with Crippen LogP contribution in [0.2, 0.25) is 5.02 Å². The van der Waals surface area contributed by atoms with Gasteiger partial charge in [-0.3, -0.25) is 4.79 Å². The van der Waals surface area contributed by atoms with E-state index < -0.39 is 0 Å². The summed E-state index contributed by atoms with van der Waals surface area (Å²) in [7, 11) is 0. The van der Waals surface area contributed by atoms with Crippen LogP contribution < -0.4 is 0 Å². The summed E-state index contributed by atoms with van der Waals surface area (Å²) >= 11 is 6.23. The molecule has 1 heterocycles. The fourth-order valence-electron chi connectivity index (χ4n) is 9.68. The molecule has 4 aliphatic rings. The third kappa shape index (κ3) is 3.86. The SMILES string of the molecule is CCOCC12CCC(C)CC1CCC1C3CCC(C(=O)Cn4nnc5ccc(Cl)cc54)C3(C)CCC12. The Morgan fingerprint density at radius 1 is 1.14 bits per heavy atom. The van der Waals surface area contributed by atoms with Crippen LogP contribution in [0.1, 0.15) is 78.6 Å². The zero-order chi connectivity index (χ0) is 25.1. The number of Topliss-reactive ketones (excluding diaryl/α,β-unsaturated/α-hetero) is 1. The fraction of sp³-hybridized carbons (Fsp3) is 0.767. The van der Waals surface area contributed by atoms with Crippen LogP contribution in [0.15, 0.2) is 18.2 Å². The molecule has 1 aromatic heterocycles. The Morgan fingerprint density at radius 2 is 2.00 bits per heavy atom. The lowest BCUT2D eigenvalue weighted by molar-refractivity contribution is -0.157. The zero-order valence-electron chi connectivity index (χ0n) is 22.2. The molecule has 8 unspecified atom stereocenters. The highest BCUT2D eigenvalue weighted by atomic mass is 35.5. The molecule has 0 spiro atoms. The first-order valence-corrected chi connectivity index (χ1v) is 14.8. The van der Waals surface area contributed by atoms with Gasteiger partial charge in [0.2, 0.25) is 0 Å². The van der Waals surface area contributed by atoms with Crippen LogP contribution in [0.25, 0.3) is 11.0 Å². The molecule has 196 valence electrons. The third-order valence-electron chi connectivity index (χ3n) is 11.4. The van der Waals surface area contributed by atoms with Crippen LogP contribution in [0, 0.1) is 46.3 Å². The largest absolute Gasteiger partial charge is 0.381 e. The fourth-order valence-corrected chi connectivity index (χ4v) is 9.85. The van der Waals surface area contributed by atoms with E-state index in [1.807, 2.05) is 18.2 Å². The summed E-state index contributed by atoms with van der Waals surface area (Å²) in [5, 5.41) is 9.21. The summed E-state index contributed by atoms with van der Waals surface area (Å²) in [6.07, 6.45) is 11.4. The molecule has 6 rings (SSSR count). The minimum Gasteiger partial charge on any atom is -0.381 e. The van der Waals surface area contributed by atoms with E-state index in [-0.39, 0.29) is 11.3 Å². The number of hydrogen-bond acceptors (Lipinski definition) is 4. The van der Waals surface area contributed by atoms with E-state index in [9.17, 15) is 4.79 Å². The van der Waals surface area contributed by atoms with Crippen LogP contribution in [-0.2, 0) is 16.1 Å². The van der Waals surface area contributed by atoms with Gasteiger partial charge in [0.05, 0.1) is 12.1 Å². The summed E-state index contributed by atoms with van der Waals surface area (Å²) in [6.45, 7) is 9.12. The van der Waals surface area contributed by atoms with E-state index in [4.69, 9.17) is 16.3 Å². The number of fused-ring (bicyclic) bond motifs is 6. The van der Waals surface area contributed by atoms with Gasteiger partial charge in [-0.15, -0.1) is 5.10 Å². The van der Waals surface area contributed by atoms with Crippen molar-refractivity contribution < 1.29 is 9.53 Å². The Morgan fingerprint density at radius 3 is 2.83 bits per heavy atom. The first-order chi connectivity index (χ1) is 17.4. The number of carbonyl (C=O) groups is 1.